The highest BCUT2D eigenvalue weighted by molar-refractivity contribution is 5.87. The first-order chi connectivity index (χ1) is 10.4. The highest BCUT2D eigenvalue weighted by Gasteiger charge is 2.31. The Kier molecular flexibility index (Phi) is 4.81. The minimum absolute atomic E-state index is 0.187. The van der Waals surface area contributed by atoms with E-state index in [1.807, 2.05) is 24.3 Å². The molecule has 0 saturated carbocycles. The number of amides is 1. The smallest absolute Gasteiger partial charge is 0.230 e. The molecule has 0 radical (unpaired) electrons. The molecule has 2 rings (SSSR count). The topological polar surface area (TPSA) is 55.1 Å². The van der Waals surface area contributed by atoms with E-state index in [2.05, 4.69) is 5.32 Å². The van der Waals surface area contributed by atoms with Gasteiger partial charge in [-0.3, -0.25) is 4.79 Å². The minimum Gasteiger partial charge on any atom is -0.399 e. The van der Waals surface area contributed by atoms with Crippen LogP contribution in [0.5, 0.6) is 0 Å². The third-order valence-corrected chi connectivity index (χ3v) is 3.79. The van der Waals surface area contributed by atoms with Crippen LogP contribution in [0.3, 0.4) is 0 Å². The van der Waals surface area contributed by atoms with Crippen molar-refractivity contribution in [1.29, 1.82) is 0 Å². The van der Waals surface area contributed by atoms with Crippen molar-refractivity contribution in [3.63, 3.8) is 0 Å². The zero-order chi connectivity index (χ0) is 16.2. The summed E-state index contributed by atoms with van der Waals surface area (Å²) in [5.41, 5.74) is 6.94. The van der Waals surface area contributed by atoms with Crippen molar-refractivity contribution < 1.29 is 9.18 Å². The Hall–Kier alpha value is -2.36. The van der Waals surface area contributed by atoms with Gasteiger partial charge in [-0.05, 0) is 44.0 Å². The molecule has 0 aliphatic rings. The number of carbonyl (C=O) groups is 1. The van der Waals surface area contributed by atoms with Gasteiger partial charge in [-0.1, -0.05) is 30.3 Å². The quantitative estimate of drug-likeness (QED) is 0.834. The summed E-state index contributed by atoms with van der Waals surface area (Å²) in [6.45, 7) is 3.95. The molecule has 0 heterocycles. The summed E-state index contributed by atoms with van der Waals surface area (Å²) in [5, 5.41) is 2.87. The van der Waals surface area contributed by atoms with Crippen molar-refractivity contribution in [3.8, 4) is 0 Å². The fourth-order valence-corrected chi connectivity index (χ4v) is 2.32. The number of rotatable bonds is 5. The second kappa shape index (κ2) is 6.60. The van der Waals surface area contributed by atoms with E-state index < -0.39 is 5.41 Å². The fraction of sp³-hybridized carbons (Fsp3) is 0.278. The van der Waals surface area contributed by atoms with E-state index in [-0.39, 0.29) is 11.7 Å². The Morgan fingerprint density at radius 2 is 1.77 bits per heavy atom. The fourth-order valence-electron chi connectivity index (χ4n) is 2.32. The van der Waals surface area contributed by atoms with Crippen molar-refractivity contribution >= 4 is 11.6 Å². The van der Waals surface area contributed by atoms with Crippen LogP contribution >= 0.6 is 0 Å². The van der Waals surface area contributed by atoms with E-state index >= 15 is 0 Å². The Morgan fingerprint density at radius 3 is 2.41 bits per heavy atom. The molecule has 0 spiro atoms. The van der Waals surface area contributed by atoms with Gasteiger partial charge in [0.25, 0.3) is 0 Å². The lowest BCUT2D eigenvalue weighted by molar-refractivity contribution is -0.125. The maximum Gasteiger partial charge on any atom is 0.230 e. The van der Waals surface area contributed by atoms with Gasteiger partial charge in [0.2, 0.25) is 5.91 Å². The van der Waals surface area contributed by atoms with Gasteiger partial charge in [-0.2, -0.15) is 0 Å². The zero-order valence-electron chi connectivity index (χ0n) is 12.9. The SMILES string of the molecule is CC(C)(C(=O)NCCc1ccc(N)cc1)c1ccccc1F. The largest absolute Gasteiger partial charge is 0.399 e. The third-order valence-electron chi connectivity index (χ3n) is 3.79. The normalized spacial score (nSPS) is 11.2. The zero-order valence-corrected chi connectivity index (χ0v) is 12.9. The van der Waals surface area contributed by atoms with Crippen molar-refractivity contribution in [2.75, 3.05) is 12.3 Å². The van der Waals surface area contributed by atoms with E-state index in [9.17, 15) is 9.18 Å². The Labute approximate surface area is 130 Å². The number of carbonyl (C=O) groups excluding carboxylic acids is 1. The highest BCUT2D eigenvalue weighted by atomic mass is 19.1. The van der Waals surface area contributed by atoms with Crippen LogP contribution in [-0.2, 0) is 16.6 Å². The average molecular weight is 300 g/mol. The number of nitrogens with two attached hydrogens (primary N) is 1. The lowest BCUT2D eigenvalue weighted by Crippen LogP contribution is -2.41. The van der Waals surface area contributed by atoms with Gasteiger partial charge in [0.1, 0.15) is 5.82 Å². The third kappa shape index (κ3) is 3.64. The summed E-state index contributed by atoms with van der Waals surface area (Å²) < 4.78 is 13.9. The van der Waals surface area contributed by atoms with Crippen LogP contribution in [0.1, 0.15) is 25.0 Å². The monoisotopic (exact) mass is 300 g/mol. The number of nitrogen functional groups attached to an aromatic ring is 1. The van der Waals surface area contributed by atoms with Crippen molar-refractivity contribution in [1.82, 2.24) is 5.32 Å². The molecule has 4 heteroatoms. The molecular formula is C18H21FN2O. The van der Waals surface area contributed by atoms with E-state index in [0.717, 1.165) is 5.56 Å². The molecule has 1 amide bonds. The van der Waals surface area contributed by atoms with Gasteiger partial charge in [0, 0.05) is 17.8 Å². The molecule has 0 unspecified atom stereocenters. The first-order valence-corrected chi connectivity index (χ1v) is 7.29. The first kappa shape index (κ1) is 16.0. The predicted molar refractivity (Wildman–Crippen MR) is 87.0 cm³/mol. The Bertz CT molecular complexity index is 650. The molecule has 3 N–H and O–H groups in total. The van der Waals surface area contributed by atoms with Gasteiger partial charge < -0.3 is 11.1 Å². The molecule has 0 bridgehead atoms. The molecule has 3 nitrogen and oxygen atoms in total. The molecule has 22 heavy (non-hydrogen) atoms. The number of hydrogen-bond acceptors (Lipinski definition) is 2. The second-order valence-corrected chi connectivity index (χ2v) is 5.85. The summed E-state index contributed by atoms with van der Waals surface area (Å²) in [4.78, 5) is 12.4. The molecule has 0 saturated heterocycles. The summed E-state index contributed by atoms with van der Waals surface area (Å²) in [6.07, 6.45) is 0.708. The summed E-state index contributed by atoms with van der Waals surface area (Å²) in [5.74, 6) is -0.547. The van der Waals surface area contributed by atoms with Crippen LogP contribution in [0.25, 0.3) is 0 Å². The lowest BCUT2D eigenvalue weighted by Gasteiger charge is -2.24. The van der Waals surface area contributed by atoms with Crippen LogP contribution in [-0.4, -0.2) is 12.5 Å². The lowest BCUT2D eigenvalue weighted by atomic mass is 9.83. The van der Waals surface area contributed by atoms with Crippen LogP contribution in [0.15, 0.2) is 48.5 Å². The Morgan fingerprint density at radius 1 is 1.14 bits per heavy atom. The Balaban J connectivity index is 1.96. The van der Waals surface area contributed by atoms with Crippen molar-refractivity contribution in [3.05, 3.63) is 65.5 Å². The molecule has 2 aromatic rings. The molecule has 0 fully saturated rings. The van der Waals surface area contributed by atoms with Gasteiger partial charge in [0.05, 0.1) is 5.41 Å². The number of hydrogen-bond donors (Lipinski definition) is 2. The van der Waals surface area contributed by atoms with Gasteiger partial charge >= 0.3 is 0 Å². The molecular weight excluding hydrogens is 279 g/mol. The van der Waals surface area contributed by atoms with Crippen LogP contribution in [0.4, 0.5) is 10.1 Å². The van der Waals surface area contributed by atoms with Crippen LogP contribution in [0, 0.1) is 5.82 Å². The summed E-state index contributed by atoms with van der Waals surface area (Å²) in [7, 11) is 0. The number of benzene rings is 2. The van der Waals surface area contributed by atoms with Crippen LogP contribution < -0.4 is 11.1 Å². The maximum atomic E-state index is 13.9. The summed E-state index contributed by atoms with van der Waals surface area (Å²) >= 11 is 0. The standard InChI is InChI=1S/C18H21FN2O/c1-18(2,15-5-3-4-6-16(15)19)17(22)21-12-11-13-7-9-14(20)10-8-13/h3-10H,11-12,20H2,1-2H3,(H,21,22). The number of nitrogens with one attached hydrogen (secondary N) is 1. The van der Waals surface area contributed by atoms with Gasteiger partial charge in [-0.25, -0.2) is 4.39 Å². The number of anilines is 1. The van der Waals surface area contributed by atoms with Crippen molar-refractivity contribution in [2.24, 2.45) is 0 Å². The molecule has 0 aromatic heterocycles. The van der Waals surface area contributed by atoms with E-state index in [0.29, 0.717) is 24.2 Å². The second-order valence-electron chi connectivity index (χ2n) is 5.85. The van der Waals surface area contributed by atoms with Gasteiger partial charge in [0.15, 0.2) is 0 Å². The van der Waals surface area contributed by atoms with E-state index in [1.54, 1.807) is 32.0 Å². The molecule has 0 aliphatic heterocycles. The average Bonchev–Trinajstić information content (AvgIpc) is 2.49. The molecule has 0 atom stereocenters. The van der Waals surface area contributed by atoms with Crippen molar-refractivity contribution in [2.45, 2.75) is 25.7 Å². The summed E-state index contributed by atoms with van der Waals surface area (Å²) in [6, 6.07) is 13.9. The first-order valence-electron chi connectivity index (χ1n) is 7.29. The van der Waals surface area contributed by atoms with E-state index in [1.165, 1.54) is 6.07 Å². The highest BCUT2D eigenvalue weighted by Crippen LogP contribution is 2.25. The van der Waals surface area contributed by atoms with Crippen LogP contribution in [0.2, 0.25) is 0 Å². The molecule has 2 aromatic carbocycles. The number of halogens is 1. The predicted octanol–water partition coefficient (Wildman–Crippen LogP) is 3.04. The van der Waals surface area contributed by atoms with Gasteiger partial charge in [-0.15, -0.1) is 0 Å². The minimum atomic E-state index is -0.910. The van der Waals surface area contributed by atoms with E-state index in [4.69, 9.17) is 5.73 Å². The maximum absolute atomic E-state index is 13.9. The molecule has 0 aliphatic carbocycles. The molecule has 116 valence electrons.